The summed E-state index contributed by atoms with van der Waals surface area (Å²) in [6.45, 7) is 3.34. The molecule has 106 valence electrons. The lowest BCUT2D eigenvalue weighted by Crippen LogP contribution is -2.22. The van der Waals surface area contributed by atoms with Gasteiger partial charge in [0.2, 0.25) is 0 Å². The minimum absolute atomic E-state index is 0.0405. The maximum absolute atomic E-state index is 12.2. The third-order valence-electron chi connectivity index (χ3n) is 2.51. The van der Waals surface area contributed by atoms with Gasteiger partial charge in [-0.05, 0) is 32.0 Å². The van der Waals surface area contributed by atoms with Crippen LogP contribution < -0.4 is 0 Å². The highest BCUT2D eigenvalue weighted by atomic mass is 35.5. The van der Waals surface area contributed by atoms with Crippen LogP contribution >= 0.6 is 23.2 Å². The zero-order valence-electron chi connectivity index (χ0n) is 10.5. The monoisotopic (exact) mass is 324 g/mol. The van der Waals surface area contributed by atoms with E-state index in [-0.39, 0.29) is 28.0 Å². The third-order valence-corrected chi connectivity index (χ3v) is 5.38. The fourth-order valence-electron chi connectivity index (χ4n) is 1.45. The molecule has 0 fully saturated rings. The van der Waals surface area contributed by atoms with Crippen LogP contribution in [0.5, 0.6) is 0 Å². The number of hydrogen-bond acceptors (Lipinski definition) is 4. The van der Waals surface area contributed by atoms with Crippen molar-refractivity contribution in [3.8, 4) is 0 Å². The van der Waals surface area contributed by atoms with Crippen molar-refractivity contribution >= 4 is 39.0 Å². The Balaban J connectivity index is 2.96. The van der Waals surface area contributed by atoms with Crippen molar-refractivity contribution in [3.05, 3.63) is 28.2 Å². The molecule has 1 rings (SSSR count). The largest absolute Gasteiger partial charge is 0.466 e. The topological polar surface area (TPSA) is 60.4 Å². The summed E-state index contributed by atoms with van der Waals surface area (Å²) >= 11 is 11.5. The third kappa shape index (κ3) is 4.09. The van der Waals surface area contributed by atoms with Gasteiger partial charge in [0.15, 0.2) is 9.84 Å². The van der Waals surface area contributed by atoms with Gasteiger partial charge in [-0.25, -0.2) is 8.42 Å². The van der Waals surface area contributed by atoms with Crippen LogP contribution in [-0.2, 0) is 19.4 Å². The van der Waals surface area contributed by atoms with Gasteiger partial charge in [0.05, 0.1) is 33.2 Å². The minimum Gasteiger partial charge on any atom is -0.466 e. The number of benzene rings is 1. The van der Waals surface area contributed by atoms with E-state index in [9.17, 15) is 13.2 Å². The summed E-state index contributed by atoms with van der Waals surface area (Å²) in [5, 5.41) is -0.450. The number of carbonyl (C=O) groups excluding carboxylic acids is 1. The van der Waals surface area contributed by atoms with Crippen molar-refractivity contribution in [1.82, 2.24) is 0 Å². The van der Waals surface area contributed by atoms with Gasteiger partial charge >= 0.3 is 5.97 Å². The smallest absolute Gasteiger partial charge is 0.307 e. The zero-order valence-corrected chi connectivity index (χ0v) is 12.8. The summed E-state index contributed by atoms with van der Waals surface area (Å²) in [7, 11) is -3.64. The summed E-state index contributed by atoms with van der Waals surface area (Å²) in [6.07, 6.45) is -0.198. The van der Waals surface area contributed by atoms with Crippen LogP contribution in [0.2, 0.25) is 10.0 Å². The van der Waals surface area contributed by atoms with Crippen molar-refractivity contribution in [2.75, 3.05) is 6.61 Å². The predicted molar refractivity (Wildman–Crippen MR) is 74.4 cm³/mol. The Hall–Kier alpha value is -0.780. The van der Waals surface area contributed by atoms with E-state index in [0.717, 1.165) is 0 Å². The molecule has 0 bridgehead atoms. The lowest BCUT2D eigenvalue weighted by atomic mass is 10.3. The van der Waals surface area contributed by atoms with Crippen LogP contribution in [0, 0.1) is 0 Å². The number of carbonyl (C=O) groups is 1. The Morgan fingerprint density at radius 2 is 1.95 bits per heavy atom. The highest BCUT2D eigenvalue weighted by Crippen LogP contribution is 2.27. The molecule has 0 aromatic heterocycles. The molecule has 0 heterocycles. The molecule has 0 spiro atoms. The molecule has 1 aromatic carbocycles. The fraction of sp³-hybridized carbons (Fsp3) is 0.417. The van der Waals surface area contributed by atoms with E-state index in [1.54, 1.807) is 6.92 Å². The lowest BCUT2D eigenvalue weighted by molar-refractivity contribution is -0.143. The first-order valence-corrected chi connectivity index (χ1v) is 7.93. The summed E-state index contributed by atoms with van der Waals surface area (Å²) in [5.74, 6) is -0.543. The minimum atomic E-state index is -3.64. The Morgan fingerprint density at radius 1 is 1.32 bits per heavy atom. The van der Waals surface area contributed by atoms with E-state index < -0.39 is 21.1 Å². The van der Waals surface area contributed by atoms with Crippen molar-refractivity contribution in [2.45, 2.75) is 30.4 Å². The summed E-state index contributed by atoms with van der Waals surface area (Å²) < 4.78 is 29.2. The molecule has 19 heavy (non-hydrogen) atoms. The maximum Gasteiger partial charge on any atom is 0.307 e. The molecule has 0 amide bonds. The molecule has 0 saturated carbocycles. The van der Waals surface area contributed by atoms with E-state index in [1.807, 2.05) is 0 Å². The van der Waals surface area contributed by atoms with E-state index in [2.05, 4.69) is 0 Å². The summed E-state index contributed by atoms with van der Waals surface area (Å²) in [6, 6.07) is 4.06. The van der Waals surface area contributed by atoms with E-state index in [4.69, 9.17) is 27.9 Å². The van der Waals surface area contributed by atoms with Crippen LogP contribution in [-0.4, -0.2) is 26.2 Å². The second-order valence-corrected chi connectivity index (χ2v) is 7.12. The molecule has 1 unspecified atom stereocenters. The van der Waals surface area contributed by atoms with Gasteiger partial charge in [0, 0.05) is 0 Å². The molecule has 1 aromatic rings. The first-order chi connectivity index (χ1) is 8.78. The van der Waals surface area contributed by atoms with Crippen LogP contribution in [0.25, 0.3) is 0 Å². The average Bonchev–Trinajstić information content (AvgIpc) is 2.32. The Bertz CT molecular complexity index is 569. The van der Waals surface area contributed by atoms with Crippen molar-refractivity contribution in [2.24, 2.45) is 0 Å². The Morgan fingerprint density at radius 3 is 2.47 bits per heavy atom. The van der Waals surface area contributed by atoms with Gasteiger partial charge in [-0.3, -0.25) is 4.79 Å². The summed E-state index contributed by atoms with van der Waals surface area (Å²) in [5.41, 5.74) is 0. The van der Waals surface area contributed by atoms with Crippen molar-refractivity contribution < 1.29 is 17.9 Å². The Kier molecular flexibility index (Phi) is 5.64. The van der Waals surface area contributed by atoms with Crippen LogP contribution in [0.4, 0.5) is 0 Å². The maximum atomic E-state index is 12.2. The molecular weight excluding hydrogens is 311 g/mol. The number of hydrogen-bond donors (Lipinski definition) is 0. The second-order valence-electron chi connectivity index (χ2n) is 3.94. The normalized spacial score (nSPS) is 13.1. The fourth-order valence-corrected chi connectivity index (χ4v) is 3.17. The van der Waals surface area contributed by atoms with Crippen LogP contribution in [0.15, 0.2) is 23.1 Å². The quantitative estimate of drug-likeness (QED) is 0.781. The number of esters is 1. The first kappa shape index (κ1) is 16.3. The molecule has 0 radical (unpaired) electrons. The van der Waals surface area contributed by atoms with Gasteiger partial charge in [-0.1, -0.05) is 23.2 Å². The standard InChI is InChI=1S/C12H14Cl2O4S/c1-3-18-12(15)6-8(2)19(16,17)9-4-5-10(13)11(14)7-9/h4-5,7-8H,3,6H2,1-2H3. The van der Waals surface area contributed by atoms with Gasteiger partial charge in [0.25, 0.3) is 0 Å². The van der Waals surface area contributed by atoms with Gasteiger partial charge < -0.3 is 4.74 Å². The number of halogens is 2. The van der Waals surface area contributed by atoms with Gasteiger partial charge in [0.1, 0.15) is 0 Å². The van der Waals surface area contributed by atoms with Crippen molar-refractivity contribution in [1.29, 1.82) is 0 Å². The molecule has 0 aliphatic heterocycles. The SMILES string of the molecule is CCOC(=O)CC(C)S(=O)(=O)c1ccc(Cl)c(Cl)c1. The highest BCUT2D eigenvalue weighted by Gasteiger charge is 2.26. The molecule has 1 atom stereocenters. The molecule has 0 aliphatic carbocycles. The van der Waals surface area contributed by atoms with E-state index in [0.29, 0.717) is 0 Å². The number of rotatable bonds is 5. The summed E-state index contributed by atoms with van der Waals surface area (Å²) in [4.78, 5) is 11.4. The van der Waals surface area contributed by atoms with Gasteiger partial charge in [-0.2, -0.15) is 0 Å². The van der Waals surface area contributed by atoms with Crippen LogP contribution in [0.3, 0.4) is 0 Å². The molecule has 0 saturated heterocycles. The molecular formula is C12H14Cl2O4S. The average molecular weight is 325 g/mol. The lowest BCUT2D eigenvalue weighted by Gasteiger charge is -2.12. The second kappa shape index (κ2) is 6.59. The molecule has 0 N–H and O–H groups in total. The van der Waals surface area contributed by atoms with E-state index >= 15 is 0 Å². The molecule has 7 heteroatoms. The van der Waals surface area contributed by atoms with Gasteiger partial charge in [-0.15, -0.1) is 0 Å². The van der Waals surface area contributed by atoms with E-state index in [1.165, 1.54) is 25.1 Å². The predicted octanol–water partition coefficient (Wildman–Crippen LogP) is 3.11. The first-order valence-electron chi connectivity index (χ1n) is 5.63. The Labute approximate surface area is 122 Å². The van der Waals surface area contributed by atoms with Crippen LogP contribution in [0.1, 0.15) is 20.3 Å². The zero-order chi connectivity index (χ0) is 14.6. The number of ether oxygens (including phenoxy) is 1. The molecule has 4 nitrogen and oxygen atoms in total. The molecule has 0 aliphatic rings. The number of sulfone groups is 1. The highest BCUT2D eigenvalue weighted by molar-refractivity contribution is 7.92. The van der Waals surface area contributed by atoms with Crippen molar-refractivity contribution in [3.63, 3.8) is 0 Å².